The summed E-state index contributed by atoms with van der Waals surface area (Å²) in [6.07, 6.45) is 2.91. The Labute approximate surface area is 191 Å². The van der Waals surface area contributed by atoms with Crippen LogP contribution in [0.3, 0.4) is 0 Å². The van der Waals surface area contributed by atoms with Gasteiger partial charge in [0, 0.05) is 29.8 Å². The van der Waals surface area contributed by atoms with E-state index in [1.807, 2.05) is 46.0 Å². The van der Waals surface area contributed by atoms with Gasteiger partial charge in [-0.2, -0.15) is 15.5 Å². The average Bonchev–Trinajstić information content (AvgIpc) is 3.41. The predicted octanol–water partition coefficient (Wildman–Crippen LogP) is 3.45. The van der Waals surface area contributed by atoms with Crippen LogP contribution in [0.1, 0.15) is 41.4 Å². The van der Waals surface area contributed by atoms with Crippen LogP contribution in [0, 0.1) is 25.2 Å². The first-order valence-electron chi connectivity index (χ1n) is 10.7. The van der Waals surface area contributed by atoms with Gasteiger partial charge in [0.2, 0.25) is 0 Å². The summed E-state index contributed by atoms with van der Waals surface area (Å²) in [6, 6.07) is 11.3. The van der Waals surface area contributed by atoms with Gasteiger partial charge < -0.3 is 10.4 Å². The van der Waals surface area contributed by atoms with Crippen molar-refractivity contribution >= 4 is 11.6 Å². The van der Waals surface area contributed by atoms with Gasteiger partial charge in [-0.05, 0) is 45.7 Å². The van der Waals surface area contributed by atoms with Crippen molar-refractivity contribution in [3.8, 4) is 23.1 Å². The number of aryl methyl sites for hydroxylation is 2. The lowest BCUT2D eigenvalue weighted by molar-refractivity contribution is 0.0586. The van der Waals surface area contributed by atoms with E-state index in [9.17, 15) is 5.11 Å². The largest absolute Gasteiger partial charge is 0.385 e. The highest BCUT2D eigenvalue weighted by molar-refractivity contribution is 5.71. The van der Waals surface area contributed by atoms with E-state index < -0.39 is 5.60 Å². The lowest BCUT2D eigenvalue weighted by Gasteiger charge is -2.15. The fourth-order valence-corrected chi connectivity index (χ4v) is 4.62. The molecule has 0 saturated carbocycles. The number of nitrogens with one attached hydrogen (secondary N) is 1. The van der Waals surface area contributed by atoms with Crippen molar-refractivity contribution in [2.24, 2.45) is 7.05 Å². The van der Waals surface area contributed by atoms with Crippen LogP contribution >= 0.6 is 0 Å². The van der Waals surface area contributed by atoms with Gasteiger partial charge in [-0.3, -0.25) is 4.68 Å². The van der Waals surface area contributed by atoms with Gasteiger partial charge in [-0.1, -0.05) is 12.1 Å². The third-order valence-electron chi connectivity index (χ3n) is 6.23. The molecule has 0 saturated heterocycles. The number of benzene rings is 1. The minimum atomic E-state index is -0.862. The van der Waals surface area contributed by atoms with Crippen molar-refractivity contribution in [2.45, 2.75) is 39.2 Å². The molecule has 0 bridgehead atoms. The number of hydrogen-bond acceptors (Lipinski definition) is 7. The maximum atomic E-state index is 10.7. The fraction of sp³-hybridized carbons (Fsp3) is 0.292. The topological polar surface area (TPSA) is 117 Å². The molecule has 9 nitrogen and oxygen atoms in total. The van der Waals surface area contributed by atoms with Gasteiger partial charge in [-0.15, -0.1) is 0 Å². The second kappa shape index (κ2) is 7.53. The van der Waals surface area contributed by atoms with Crippen LogP contribution in [0.5, 0.6) is 0 Å². The number of rotatable bonds is 4. The van der Waals surface area contributed by atoms with E-state index in [1.54, 1.807) is 21.5 Å². The molecular formula is C24H24N8O. The minimum absolute atomic E-state index is 0.612. The van der Waals surface area contributed by atoms with Crippen molar-refractivity contribution < 1.29 is 5.11 Å². The molecule has 1 aliphatic rings. The fourth-order valence-electron chi connectivity index (χ4n) is 4.62. The molecule has 3 aromatic heterocycles. The van der Waals surface area contributed by atoms with E-state index in [2.05, 4.69) is 31.6 Å². The molecule has 0 aliphatic heterocycles. The third-order valence-corrected chi connectivity index (χ3v) is 6.23. The Hall–Kier alpha value is -4.03. The molecule has 1 aliphatic carbocycles. The molecule has 0 radical (unpaired) electrons. The van der Waals surface area contributed by atoms with Crippen molar-refractivity contribution in [3.63, 3.8) is 0 Å². The van der Waals surface area contributed by atoms with Gasteiger partial charge in [0.05, 0.1) is 34.3 Å². The molecule has 3 heterocycles. The van der Waals surface area contributed by atoms with Gasteiger partial charge in [0.1, 0.15) is 18.0 Å². The zero-order chi connectivity index (χ0) is 23.3. The van der Waals surface area contributed by atoms with E-state index >= 15 is 0 Å². The van der Waals surface area contributed by atoms with Crippen LogP contribution in [-0.4, -0.2) is 34.6 Å². The molecule has 0 amide bonds. The first kappa shape index (κ1) is 20.8. The quantitative estimate of drug-likeness (QED) is 0.499. The second-order valence-corrected chi connectivity index (χ2v) is 8.61. The van der Waals surface area contributed by atoms with Crippen LogP contribution in [0.4, 0.5) is 11.6 Å². The standard InChI is InChI=1S/C24H24N8O/c1-14-22(17-7-5-16(12-25)6-8-17)30-31(4)23(14)28-19-11-20(27-13-26-19)32-18-9-10-24(3,33)21(18)15(2)29-32/h5-8,11,13,33H,9-10H2,1-4H3,(H,26,27,28). The maximum absolute atomic E-state index is 10.7. The maximum Gasteiger partial charge on any atom is 0.159 e. The number of nitrogens with zero attached hydrogens (tertiary/aromatic N) is 7. The molecule has 1 unspecified atom stereocenters. The molecule has 33 heavy (non-hydrogen) atoms. The molecule has 1 aromatic carbocycles. The van der Waals surface area contributed by atoms with Crippen molar-refractivity contribution in [1.82, 2.24) is 29.5 Å². The van der Waals surface area contributed by atoms with Crippen molar-refractivity contribution in [1.29, 1.82) is 5.26 Å². The molecule has 5 rings (SSSR count). The number of hydrogen-bond donors (Lipinski definition) is 2. The molecule has 1 atom stereocenters. The van der Waals surface area contributed by atoms with E-state index in [1.165, 1.54) is 6.33 Å². The summed E-state index contributed by atoms with van der Waals surface area (Å²) < 4.78 is 3.58. The number of nitriles is 1. The molecular weight excluding hydrogens is 416 g/mol. The summed E-state index contributed by atoms with van der Waals surface area (Å²) >= 11 is 0. The van der Waals surface area contributed by atoms with Gasteiger partial charge in [0.25, 0.3) is 0 Å². The Balaban J connectivity index is 1.48. The Morgan fingerprint density at radius 3 is 2.64 bits per heavy atom. The summed E-state index contributed by atoms with van der Waals surface area (Å²) in [5.41, 5.74) is 5.19. The summed E-state index contributed by atoms with van der Waals surface area (Å²) in [4.78, 5) is 8.81. The molecule has 0 fully saturated rings. The lowest BCUT2D eigenvalue weighted by atomic mass is 9.99. The number of anilines is 2. The first-order valence-corrected chi connectivity index (χ1v) is 10.7. The average molecular weight is 441 g/mol. The lowest BCUT2D eigenvalue weighted by Crippen LogP contribution is -2.17. The van der Waals surface area contributed by atoms with Crippen LogP contribution in [-0.2, 0) is 19.1 Å². The zero-order valence-electron chi connectivity index (χ0n) is 19.0. The Morgan fingerprint density at radius 1 is 1.15 bits per heavy atom. The Morgan fingerprint density at radius 2 is 1.91 bits per heavy atom. The van der Waals surface area contributed by atoms with Gasteiger partial charge in [0.15, 0.2) is 5.82 Å². The predicted molar refractivity (Wildman–Crippen MR) is 123 cm³/mol. The monoisotopic (exact) mass is 440 g/mol. The molecule has 166 valence electrons. The smallest absolute Gasteiger partial charge is 0.159 e. The van der Waals surface area contributed by atoms with Crippen molar-refractivity contribution in [3.05, 3.63) is 64.7 Å². The normalized spacial score (nSPS) is 17.1. The van der Waals surface area contributed by atoms with E-state index in [4.69, 9.17) is 5.26 Å². The third kappa shape index (κ3) is 3.45. The number of aromatic nitrogens is 6. The summed E-state index contributed by atoms with van der Waals surface area (Å²) in [6.45, 7) is 5.75. The van der Waals surface area contributed by atoms with Crippen LogP contribution in [0.15, 0.2) is 36.7 Å². The van der Waals surface area contributed by atoms with Crippen molar-refractivity contribution in [2.75, 3.05) is 5.32 Å². The van der Waals surface area contributed by atoms with E-state index in [0.29, 0.717) is 23.6 Å². The van der Waals surface area contributed by atoms with Gasteiger partial charge in [-0.25, -0.2) is 14.6 Å². The first-order chi connectivity index (χ1) is 15.8. The Bertz CT molecular complexity index is 1410. The van der Waals surface area contributed by atoms with Crippen LogP contribution in [0.2, 0.25) is 0 Å². The molecule has 2 N–H and O–H groups in total. The summed E-state index contributed by atoms with van der Waals surface area (Å²) in [5.74, 6) is 2.06. The Kier molecular flexibility index (Phi) is 4.76. The highest BCUT2D eigenvalue weighted by Crippen LogP contribution is 2.39. The van der Waals surface area contributed by atoms with E-state index in [-0.39, 0.29) is 0 Å². The molecule has 0 spiro atoms. The highest BCUT2D eigenvalue weighted by Gasteiger charge is 2.38. The summed E-state index contributed by atoms with van der Waals surface area (Å²) in [5, 5.41) is 32.4. The van der Waals surface area contributed by atoms with Gasteiger partial charge >= 0.3 is 0 Å². The molecule has 4 aromatic rings. The summed E-state index contributed by atoms with van der Waals surface area (Å²) in [7, 11) is 1.87. The molecule has 9 heteroatoms. The zero-order valence-corrected chi connectivity index (χ0v) is 19.0. The second-order valence-electron chi connectivity index (χ2n) is 8.61. The van der Waals surface area contributed by atoms with E-state index in [0.717, 1.165) is 46.0 Å². The highest BCUT2D eigenvalue weighted by atomic mass is 16.3. The number of fused-ring (bicyclic) bond motifs is 1. The number of aliphatic hydroxyl groups is 1. The SMILES string of the molecule is Cc1nn(-c2cc(Nc3c(C)c(-c4ccc(C#N)cc4)nn3C)ncn2)c2c1C(C)(O)CC2. The van der Waals surface area contributed by atoms with Crippen LogP contribution in [0.25, 0.3) is 17.1 Å². The van der Waals surface area contributed by atoms with Crippen LogP contribution < -0.4 is 5.32 Å². The minimum Gasteiger partial charge on any atom is -0.385 e.